The van der Waals surface area contributed by atoms with Crippen LogP contribution in [0.5, 0.6) is 0 Å². The molecule has 1 N–H and O–H groups in total. The Morgan fingerprint density at radius 3 is 2.28 bits per heavy atom. The molecule has 168 valence electrons. The van der Waals surface area contributed by atoms with Crippen molar-refractivity contribution in [3.63, 3.8) is 0 Å². The lowest BCUT2D eigenvalue weighted by atomic mass is 10.1. The number of anilines is 1. The third-order valence-corrected chi connectivity index (χ3v) is 6.11. The van der Waals surface area contributed by atoms with Gasteiger partial charge in [0.15, 0.2) is 0 Å². The maximum atomic E-state index is 12.9. The molecule has 4 rings (SSSR count). The van der Waals surface area contributed by atoms with Gasteiger partial charge in [-0.05, 0) is 30.2 Å². The van der Waals surface area contributed by atoms with Gasteiger partial charge in [-0.25, -0.2) is 4.79 Å². The molecular weight excluding hydrogens is 406 g/mol. The van der Waals surface area contributed by atoms with Crippen LogP contribution in [0.1, 0.15) is 12.5 Å². The van der Waals surface area contributed by atoms with Crippen LogP contribution in [0, 0.1) is 0 Å². The number of hydrogen-bond donors (Lipinski definition) is 1. The van der Waals surface area contributed by atoms with Gasteiger partial charge in [-0.1, -0.05) is 37.3 Å². The Morgan fingerprint density at radius 1 is 0.906 bits per heavy atom. The number of benzene rings is 2. The highest BCUT2D eigenvalue weighted by atomic mass is 16.2. The number of piperazine rings is 1. The molecule has 2 amide bonds. The fourth-order valence-electron chi connectivity index (χ4n) is 4.25. The minimum Gasteiger partial charge on any atom is -0.339 e. The predicted octanol–water partition coefficient (Wildman–Crippen LogP) is 1.69. The number of hydrogen-bond acceptors (Lipinski definition) is 4. The van der Waals surface area contributed by atoms with Crippen molar-refractivity contribution < 1.29 is 9.59 Å². The molecule has 1 saturated heterocycles. The van der Waals surface area contributed by atoms with Crippen LogP contribution in [0.15, 0.2) is 53.3 Å². The van der Waals surface area contributed by atoms with Gasteiger partial charge in [-0.2, -0.15) is 0 Å². The van der Waals surface area contributed by atoms with Gasteiger partial charge in [-0.15, -0.1) is 0 Å². The van der Waals surface area contributed by atoms with Gasteiger partial charge >= 0.3 is 5.69 Å². The molecule has 1 aromatic heterocycles. The second-order valence-electron chi connectivity index (χ2n) is 8.13. The van der Waals surface area contributed by atoms with Crippen molar-refractivity contribution in [1.29, 1.82) is 0 Å². The topological polar surface area (TPSA) is 79.6 Å². The summed E-state index contributed by atoms with van der Waals surface area (Å²) in [6.45, 7) is 4.71. The number of fused-ring (bicyclic) bond motifs is 1. The van der Waals surface area contributed by atoms with E-state index in [9.17, 15) is 14.4 Å². The second kappa shape index (κ2) is 9.40. The van der Waals surface area contributed by atoms with Gasteiger partial charge in [0.1, 0.15) is 6.54 Å². The van der Waals surface area contributed by atoms with Crippen molar-refractivity contribution in [2.75, 3.05) is 38.0 Å². The van der Waals surface area contributed by atoms with E-state index < -0.39 is 0 Å². The van der Waals surface area contributed by atoms with Crippen LogP contribution in [0.25, 0.3) is 11.0 Å². The molecule has 0 aliphatic carbocycles. The molecule has 0 unspecified atom stereocenters. The summed E-state index contributed by atoms with van der Waals surface area (Å²) in [6, 6.07) is 15.3. The van der Waals surface area contributed by atoms with Crippen LogP contribution in [0.3, 0.4) is 0 Å². The van der Waals surface area contributed by atoms with Gasteiger partial charge in [0.05, 0.1) is 17.6 Å². The number of aryl methyl sites for hydroxylation is 2. The Hall–Kier alpha value is -3.39. The summed E-state index contributed by atoms with van der Waals surface area (Å²) >= 11 is 0. The highest BCUT2D eigenvalue weighted by Crippen LogP contribution is 2.16. The fourth-order valence-corrected chi connectivity index (χ4v) is 4.25. The minimum atomic E-state index is -0.192. The Kier molecular flexibility index (Phi) is 6.41. The monoisotopic (exact) mass is 435 g/mol. The molecule has 1 aliphatic rings. The van der Waals surface area contributed by atoms with Crippen LogP contribution in [-0.4, -0.2) is 63.5 Å². The van der Waals surface area contributed by atoms with Gasteiger partial charge in [0.2, 0.25) is 11.8 Å². The van der Waals surface area contributed by atoms with Crippen LogP contribution < -0.4 is 11.0 Å². The average Bonchev–Trinajstić information content (AvgIpc) is 3.05. The van der Waals surface area contributed by atoms with E-state index in [0.717, 1.165) is 28.7 Å². The molecule has 0 saturated carbocycles. The predicted molar refractivity (Wildman–Crippen MR) is 125 cm³/mol. The minimum absolute atomic E-state index is 0.0223. The number of amides is 2. The fraction of sp³-hybridized carbons (Fsp3) is 0.375. The number of para-hydroxylation sites is 3. The average molecular weight is 436 g/mol. The van der Waals surface area contributed by atoms with Crippen molar-refractivity contribution in [2.45, 2.75) is 19.9 Å². The molecule has 0 atom stereocenters. The van der Waals surface area contributed by atoms with Crippen molar-refractivity contribution >= 4 is 28.5 Å². The van der Waals surface area contributed by atoms with Gasteiger partial charge in [0.25, 0.3) is 0 Å². The summed E-state index contributed by atoms with van der Waals surface area (Å²) in [5.74, 6) is -0.127. The van der Waals surface area contributed by atoms with Crippen molar-refractivity contribution in [2.24, 2.45) is 7.05 Å². The van der Waals surface area contributed by atoms with Crippen molar-refractivity contribution in [3.05, 3.63) is 64.6 Å². The normalized spacial score (nSPS) is 14.6. The van der Waals surface area contributed by atoms with Crippen LogP contribution in [-0.2, 0) is 29.6 Å². The van der Waals surface area contributed by atoms with E-state index in [4.69, 9.17) is 0 Å². The summed E-state index contributed by atoms with van der Waals surface area (Å²) in [6.07, 6.45) is 0.858. The second-order valence-corrected chi connectivity index (χ2v) is 8.13. The molecule has 2 aromatic carbocycles. The highest BCUT2D eigenvalue weighted by Gasteiger charge is 2.24. The number of nitrogens with one attached hydrogen (secondary N) is 1. The van der Waals surface area contributed by atoms with E-state index in [2.05, 4.69) is 17.1 Å². The molecular formula is C24H29N5O3. The molecule has 0 radical (unpaired) electrons. The van der Waals surface area contributed by atoms with Crippen LogP contribution in [0.4, 0.5) is 5.69 Å². The smallest absolute Gasteiger partial charge is 0.329 e. The summed E-state index contributed by atoms with van der Waals surface area (Å²) in [5, 5.41) is 3.00. The number of aromatic nitrogens is 2. The Bertz CT molecular complexity index is 1190. The zero-order valence-corrected chi connectivity index (χ0v) is 18.6. The number of nitrogens with zero attached hydrogens (tertiary/aromatic N) is 4. The Labute approximate surface area is 187 Å². The van der Waals surface area contributed by atoms with Crippen molar-refractivity contribution in [1.82, 2.24) is 18.9 Å². The van der Waals surface area contributed by atoms with Crippen molar-refractivity contribution in [3.8, 4) is 0 Å². The standard InChI is InChI=1S/C24H29N5O3/c1-3-18-8-4-5-9-19(18)25-22(30)16-27-12-14-28(15-13-27)23(31)17-29-21-11-7-6-10-20(21)26(2)24(29)32/h4-11H,3,12-17H2,1-2H3,(H,25,30). The van der Waals surface area contributed by atoms with E-state index in [1.807, 2.05) is 48.5 Å². The lowest BCUT2D eigenvalue weighted by Crippen LogP contribution is -2.51. The number of rotatable bonds is 6. The van der Waals surface area contributed by atoms with E-state index >= 15 is 0 Å². The molecule has 0 bridgehead atoms. The van der Waals surface area contributed by atoms with Crippen LogP contribution >= 0.6 is 0 Å². The first-order chi connectivity index (χ1) is 15.5. The third kappa shape index (κ3) is 4.45. The summed E-state index contributed by atoms with van der Waals surface area (Å²) < 4.78 is 3.10. The van der Waals surface area contributed by atoms with E-state index in [-0.39, 0.29) is 24.0 Å². The van der Waals surface area contributed by atoms with Crippen LogP contribution in [0.2, 0.25) is 0 Å². The zero-order chi connectivity index (χ0) is 22.7. The Morgan fingerprint density at radius 2 is 1.56 bits per heavy atom. The van der Waals surface area contributed by atoms with Gasteiger partial charge in [-0.3, -0.25) is 23.6 Å². The first-order valence-corrected chi connectivity index (χ1v) is 11.0. The summed E-state index contributed by atoms with van der Waals surface area (Å²) in [7, 11) is 1.72. The lowest BCUT2D eigenvalue weighted by molar-refractivity contribution is -0.133. The van der Waals surface area contributed by atoms with E-state index in [0.29, 0.717) is 32.7 Å². The van der Waals surface area contributed by atoms with Gasteiger partial charge < -0.3 is 10.2 Å². The molecule has 1 fully saturated rings. The number of carbonyl (C=O) groups is 2. The largest absolute Gasteiger partial charge is 0.339 e. The SMILES string of the molecule is CCc1ccccc1NC(=O)CN1CCN(C(=O)Cn2c(=O)n(C)c3ccccc32)CC1. The molecule has 3 aromatic rings. The first kappa shape index (κ1) is 21.8. The maximum Gasteiger partial charge on any atom is 0.329 e. The number of imidazole rings is 1. The maximum absolute atomic E-state index is 12.9. The number of carbonyl (C=O) groups excluding carboxylic acids is 2. The zero-order valence-electron chi connectivity index (χ0n) is 18.6. The molecule has 8 nitrogen and oxygen atoms in total. The lowest BCUT2D eigenvalue weighted by Gasteiger charge is -2.34. The molecule has 0 spiro atoms. The highest BCUT2D eigenvalue weighted by molar-refractivity contribution is 5.93. The molecule has 8 heteroatoms. The molecule has 32 heavy (non-hydrogen) atoms. The first-order valence-electron chi connectivity index (χ1n) is 11.0. The quantitative estimate of drug-likeness (QED) is 0.639. The third-order valence-electron chi connectivity index (χ3n) is 6.11. The van der Waals surface area contributed by atoms with Gasteiger partial charge in [0, 0.05) is 38.9 Å². The van der Waals surface area contributed by atoms with E-state index in [1.165, 1.54) is 4.57 Å². The summed E-state index contributed by atoms with van der Waals surface area (Å²) in [5.41, 5.74) is 3.35. The van der Waals surface area contributed by atoms with E-state index in [1.54, 1.807) is 16.5 Å². The summed E-state index contributed by atoms with van der Waals surface area (Å²) in [4.78, 5) is 41.8. The Balaban J connectivity index is 1.32. The molecule has 2 heterocycles. The molecule has 1 aliphatic heterocycles.